The fraction of sp³-hybridized carbons (Fsp3) is 0. The standard InChI is InChI=1S/C54H34N2S/c1-3-13-35(14-4-1)36-25-27-37(28-26-36)41-20-12-24-51-54(41)45-31-30-40(34-52(45)57-51)56-47-21-9-7-17-43(47)46-33-38(29-32-49(46)56)42-19-11-23-50-53(42)44-18-8-10-22-48(44)55(50)39-15-5-2-6-16-39/h1-34H/i3D,4D,7D,8D,9D,10D,11D,12D,13D,17D,20D,21D,22D,23D,24D,25D,26D,27D,29D,30D,31D,33D,34D. The van der Waals surface area contributed by atoms with Crippen molar-refractivity contribution in [2.45, 2.75) is 0 Å². The normalized spacial score (nSPS) is 17.5. The predicted molar refractivity (Wildman–Crippen MR) is 244 cm³/mol. The summed E-state index contributed by atoms with van der Waals surface area (Å²) in [6, 6.07) is 3.76. The minimum absolute atomic E-state index is 0.00799. The second kappa shape index (κ2) is 12.7. The Morgan fingerprint density at radius 2 is 1.18 bits per heavy atom. The van der Waals surface area contributed by atoms with E-state index in [0.29, 0.717) is 5.69 Å². The first-order valence-corrected chi connectivity index (χ1v) is 18.4. The number of benzene rings is 9. The molecule has 0 amide bonds. The van der Waals surface area contributed by atoms with Crippen LogP contribution in [0.3, 0.4) is 0 Å². The Morgan fingerprint density at radius 1 is 0.351 bits per heavy atom. The molecule has 0 atom stereocenters. The number of nitrogens with zero attached hydrogens (tertiary/aromatic N) is 2. The summed E-state index contributed by atoms with van der Waals surface area (Å²) in [7, 11) is 0. The van der Waals surface area contributed by atoms with Crippen LogP contribution in [0.4, 0.5) is 0 Å². The fourth-order valence-electron chi connectivity index (χ4n) is 7.52. The molecule has 0 aliphatic carbocycles. The molecule has 3 aromatic heterocycles. The average Bonchev–Trinajstić information content (AvgIpc) is 2.42. The van der Waals surface area contributed by atoms with Gasteiger partial charge in [0.15, 0.2) is 0 Å². The molecular formula is C54H34N2S. The van der Waals surface area contributed by atoms with Crippen molar-refractivity contribution in [3.8, 4) is 44.8 Å². The van der Waals surface area contributed by atoms with Crippen LogP contribution in [0.2, 0.25) is 0 Å². The largest absolute Gasteiger partial charge is 0.309 e. The van der Waals surface area contributed by atoms with Gasteiger partial charge in [0.25, 0.3) is 0 Å². The zero-order chi connectivity index (χ0) is 57.5. The Labute approximate surface area is 366 Å². The maximum Gasteiger partial charge on any atom is 0.0660 e. The highest BCUT2D eigenvalue weighted by molar-refractivity contribution is 7.26. The third kappa shape index (κ3) is 4.96. The molecule has 9 aromatic carbocycles. The van der Waals surface area contributed by atoms with E-state index < -0.39 is 108 Å². The van der Waals surface area contributed by atoms with Gasteiger partial charge in [0.2, 0.25) is 0 Å². The molecule has 0 N–H and O–H groups in total. The summed E-state index contributed by atoms with van der Waals surface area (Å²) < 4.78 is 212. The van der Waals surface area contributed by atoms with Crippen molar-refractivity contribution in [1.29, 1.82) is 0 Å². The lowest BCUT2D eigenvalue weighted by atomic mass is 9.97. The summed E-state index contributed by atoms with van der Waals surface area (Å²) in [6.07, 6.45) is 0. The van der Waals surface area contributed by atoms with Gasteiger partial charge in [0.1, 0.15) is 0 Å². The molecule has 3 heterocycles. The highest BCUT2D eigenvalue weighted by Gasteiger charge is 2.19. The van der Waals surface area contributed by atoms with Crippen LogP contribution in [0.5, 0.6) is 0 Å². The van der Waals surface area contributed by atoms with Gasteiger partial charge in [0.05, 0.1) is 53.6 Å². The molecule has 12 aromatic rings. The highest BCUT2D eigenvalue weighted by Crippen LogP contribution is 2.44. The monoisotopic (exact) mass is 765 g/mol. The molecule has 2 nitrogen and oxygen atoms in total. The molecular weight excluding hydrogens is 709 g/mol. The van der Waals surface area contributed by atoms with Crippen LogP contribution in [0, 0.1) is 0 Å². The third-order valence-corrected chi connectivity index (χ3v) is 11.0. The van der Waals surface area contributed by atoms with Gasteiger partial charge >= 0.3 is 0 Å². The molecule has 0 unspecified atom stereocenters. The zero-order valence-corrected chi connectivity index (χ0v) is 30.0. The number of hydrogen-bond acceptors (Lipinski definition) is 1. The summed E-state index contributed by atoms with van der Waals surface area (Å²) in [5.41, 5.74) is -1.54. The summed E-state index contributed by atoms with van der Waals surface area (Å²) >= 11 is 0.723. The minimum Gasteiger partial charge on any atom is -0.309 e. The molecule has 57 heavy (non-hydrogen) atoms. The van der Waals surface area contributed by atoms with E-state index in [-0.39, 0.29) is 133 Å². The van der Waals surface area contributed by atoms with Crippen LogP contribution < -0.4 is 0 Å². The van der Waals surface area contributed by atoms with Crippen molar-refractivity contribution < 1.29 is 31.5 Å². The maximum atomic E-state index is 10.1. The average molecular weight is 766 g/mol. The first kappa shape index (κ1) is 16.9. The SMILES string of the molecule is [2H]c1cc([2H])c([2H])c(-c2c([2H])cc(-c3c([2H])c([2H])c([2H])c4sc5c([2H])c(-n6c7cc([2H])c(-c8cc([2H])c([2H])c9c8c8cc([2H])c([2H])c([2H])c8n9-c8ccccc8)c([2H])c7c7c([2H])c([2H])c([2H])c([2H])c76)c([2H])c([2H])c5c34)c([2H])c2[2H])c1. The predicted octanol–water partition coefficient (Wildman–Crippen LogP) is 15.2. The van der Waals surface area contributed by atoms with E-state index >= 15 is 0 Å². The molecule has 0 saturated carbocycles. The van der Waals surface area contributed by atoms with Crippen LogP contribution in [0.25, 0.3) is 109 Å². The third-order valence-electron chi connectivity index (χ3n) is 9.97. The number of rotatable bonds is 5. The molecule has 0 spiro atoms. The number of fused-ring (bicyclic) bond motifs is 9. The van der Waals surface area contributed by atoms with E-state index in [9.17, 15) is 13.7 Å². The van der Waals surface area contributed by atoms with Crippen molar-refractivity contribution in [2.24, 2.45) is 0 Å². The van der Waals surface area contributed by atoms with E-state index in [0.717, 1.165) is 28.0 Å². The van der Waals surface area contributed by atoms with Crippen molar-refractivity contribution in [3.63, 3.8) is 0 Å². The molecule has 0 aliphatic heterocycles. The smallest absolute Gasteiger partial charge is 0.0660 e. The number of aromatic nitrogens is 2. The van der Waals surface area contributed by atoms with Gasteiger partial charge in [-0.15, -0.1) is 11.3 Å². The minimum atomic E-state index is -0.747. The first-order valence-electron chi connectivity index (χ1n) is 29.1. The molecule has 0 fully saturated rings. The lowest BCUT2D eigenvalue weighted by molar-refractivity contribution is 1.18. The zero-order valence-electron chi connectivity index (χ0n) is 52.2. The second-order valence-electron chi connectivity index (χ2n) is 13.1. The number of para-hydroxylation sites is 3. The molecule has 0 bridgehead atoms. The maximum absolute atomic E-state index is 10.1. The van der Waals surface area contributed by atoms with Crippen molar-refractivity contribution in [3.05, 3.63) is 206 Å². The van der Waals surface area contributed by atoms with Crippen molar-refractivity contribution >= 4 is 75.1 Å². The van der Waals surface area contributed by atoms with Gasteiger partial charge < -0.3 is 9.13 Å². The first-order chi connectivity index (χ1) is 37.8. The number of hydrogen-bond donors (Lipinski definition) is 0. The van der Waals surface area contributed by atoms with Gasteiger partial charge in [-0.1, -0.05) is 145 Å². The Kier molecular flexibility index (Phi) is 3.75. The van der Waals surface area contributed by atoms with Gasteiger partial charge in [-0.2, -0.15) is 0 Å². The van der Waals surface area contributed by atoms with Crippen LogP contribution >= 0.6 is 11.3 Å². The molecule has 0 radical (unpaired) electrons. The Balaban J connectivity index is 1.18. The molecule has 0 aliphatic rings. The van der Waals surface area contributed by atoms with E-state index in [1.165, 1.54) is 28.8 Å². The van der Waals surface area contributed by atoms with E-state index in [2.05, 4.69) is 0 Å². The highest BCUT2D eigenvalue weighted by atomic mass is 32.1. The number of thiophene rings is 1. The van der Waals surface area contributed by atoms with Crippen molar-refractivity contribution in [1.82, 2.24) is 9.13 Å². The molecule has 266 valence electrons. The Hall–Kier alpha value is -7.20. The molecule has 12 rings (SSSR count). The Morgan fingerprint density at radius 3 is 2.12 bits per heavy atom. The fourth-order valence-corrected chi connectivity index (χ4v) is 8.53. The summed E-state index contributed by atoms with van der Waals surface area (Å²) in [4.78, 5) is 0. The van der Waals surface area contributed by atoms with Crippen LogP contribution in [-0.2, 0) is 0 Å². The second-order valence-corrected chi connectivity index (χ2v) is 14.1. The van der Waals surface area contributed by atoms with Gasteiger partial charge in [-0.05, 0) is 93.9 Å². The van der Waals surface area contributed by atoms with Crippen LogP contribution in [0.1, 0.15) is 31.5 Å². The quantitative estimate of drug-likeness (QED) is 0.165. The van der Waals surface area contributed by atoms with Crippen molar-refractivity contribution in [2.75, 3.05) is 0 Å². The lowest BCUT2D eigenvalue weighted by Crippen LogP contribution is -1.93. The van der Waals surface area contributed by atoms with Gasteiger partial charge in [-0.3, -0.25) is 0 Å². The Bertz CT molecular complexity index is 4870. The summed E-state index contributed by atoms with van der Waals surface area (Å²) in [5, 5.41) is -0.491. The summed E-state index contributed by atoms with van der Waals surface area (Å²) in [5.74, 6) is 0. The van der Waals surface area contributed by atoms with E-state index in [1.54, 1.807) is 30.3 Å². The molecule has 0 saturated heterocycles. The van der Waals surface area contributed by atoms with E-state index in [4.69, 9.17) is 17.8 Å². The lowest BCUT2D eigenvalue weighted by Gasteiger charge is -2.10. The topological polar surface area (TPSA) is 9.86 Å². The van der Waals surface area contributed by atoms with E-state index in [1.807, 2.05) is 0 Å². The van der Waals surface area contributed by atoms with Gasteiger partial charge in [-0.25, -0.2) is 0 Å². The summed E-state index contributed by atoms with van der Waals surface area (Å²) in [6.45, 7) is 0. The molecule has 3 heteroatoms. The van der Waals surface area contributed by atoms with Crippen LogP contribution in [-0.4, -0.2) is 9.13 Å². The van der Waals surface area contributed by atoms with Gasteiger partial charge in [0, 0.05) is 53.1 Å². The van der Waals surface area contributed by atoms with Crippen LogP contribution in [0.15, 0.2) is 206 Å².